The first-order valence-corrected chi connectivity index (χ1v) is 6.26. The minimum absolute atomic E-state index is 0.106. The van der Waals surface area contributed by atoms with E-state index >= 15 is 0 Å². The fourth-order valence-corrected chi connectivity index (χ4v) is 1.99. The van der Waals surface area contributed by atoms with Gasteiger partial charge in [-0.25, -0.2) is 4.79 Å². The topological polar surface area (TPSA) is 69.6 Å². The molecule has 0 saturated heterocycles. The predicted molar refractivity (Wildman–Crippen MR) is 70.6 cm³/mol. The lowest BCUT2D eigenvalue weighted by Crippen LogP contribution is -2.52. The normalized spacial score (nSPS) is 15.9. The van der Waals surface area contributed by atoms with Crippen molar-refractivity contribution in [1.82, 2.24) is 5.32 Å². The van der Waals surface area contributed by atoms with E-state index < -0.39 is 11.5 Å². The lowest BCUT2D eigenvalue weighted by Gasteiger charge is -2.33. The van der Waals surface area contributed by atoms with Crippen molar-refractivity contribution in [3.05, 3.63) is 29.8 Å². The molecular formula is C14H21NO3. The molecular weight excluding hydrogens is 230 g/mol. The molecule has 3 N–H and O–H groups in total. The maximum atomic E-state index is 11.7. The second-order valence-corrected chi connectivity index (χ2v) is 4.56. The van der Waals surface area contributed by atoms with E-state index in [2.05, 4.69) is 5.32 Å². The number of aromatic hydroxyl groups is 1. The quantitative estimate of drug-likeness (QED) is 0.726. The molecule has 18 heavy (non-hydrogen) atoms. The zero-order valence-electron chi connectivity index (χ0n) is 11.1. The Morgan fingerprint density at radius 3 is 2.28 bits per heavy atom. The van der Waals surface area contributed by atoms with Gasteiger partial charge in [0.15, 0.2) is 0 Å². The van der Waals surface area contributed by atoms with Crippen LogP contribution in [-0.4, -0.2) is 22.2 Å². The molecule has 0 fully saturated rings. The van der Waals surface area contributed by atoms with Crippen LogP contribution < -0.4 is 5.32 Å². The van der Waals surface area contributed by atoms with Crippen molar-refractivity contribution in [2.75, 3.05) is 0 Å². The first-order valence-electron chi connectivity index (χ1n) is 6.26. The monoisotopic (exact) mass is 251 g/mol. The van der Waals surface area contributed by atoms with Crippen LogP contribution in [0.4, 0.5) is 0 Å². The molecule has 4 heteroatoms. The summed E-state index contributed by atoms with van der Waals surface area (Å²) in [6.45, 7) is 5.82. The van der Waals surface area contributed by atoms with Crippen molar-refractivity contribution < 1.29 is 15.0 Å². The van der Waals surface area contributed by atoms with Crippen LogP contribution >= 0.6 is 0 Å². The van der Waals surface area contributed by atoms with Crippen molar-refractivity contribution in [2.45, 2.75) is 45.2 Å². The van der Waals surface area contributed by atoms with Gasteiger partial charge in [0.25, 0.3) is 0 Å². The maximum Gasteiger partial charge on any atom is 0.328 e. The summed E-state index contributed by atoms with van der Waals surface area (Å²) in [5.41, 5.74) is -0.432. The van der Waals surface area contributed by atoms with Gasteiger partial charge in [0.2, 0.25) is 0 Å². The molecule has 4 nitrogen and oxygen atoms in total. The summed E-state index contributed by atoms with van der Waals surface area (Å²) >= 11 is 0. The number of hydrogen-bond donors (Lipinski definition) is 3. The van der Waals surface area contributed by atoms with E-state index in [0.717, 1.165) is 6.42 Å². The van der Waals surface area contributed by atoms with Crippen LogP contribution in [0.15, 0.2) is 24.3 Å². The summed E-state index contributed by atoms with van der Waals surface area (Å²) in [5, 5.41) is 22.0. The number of carboxylic acid groups (broad SMARTS) is 1. The molecule has 0 spiro atoms. The smallest absolute Gasteiger partial charge is 0.328 e. The van der Waals surface area contributed by atoms with Crippen LogP contribution in [0.2, 0.25) is 0 Å². The molecule has 0 radical (unpaired) electrons. The number of carbonyl (C=O) groups is 1. The number of carboxylic acids is 1. The van der Waals surface area contributed by atoms with Gasteiger partial charge in [0.1, 0.15) is 11.3 Å². The molecule has 0 saturated carbocycles. The standard InChI is InChI=1S/C14H21NO3/c1-4-10(3)15-14(5-2,13(17)18)11-6-8-12(16)9-7-11/h6-10,15-16H,4-5H2,1-3H3,(H,17,18). The van der Waals surface area contributed by atoms with E-state index in [1.165, 1.54) is 12.1 Å². The molecule has 2 atom stereocenters. The Kier molecular flexibility index (Phi) is 4.73. The number of nitrogens with one attached hydrogen (secondary N) is 1. The molecule has 1 aromatic carbocycles. The van der Waals surface area contributed by atoms with E-state index in [-0.39, 0.29) is 11.8 Å². The minimum atomic E-state index is -1.09. The largest absolute Gasteiger partial charge is 0.508 e. The molecule has 0 heterocycles. The van der Waals surface area contributed by atoms with E-state index in [0.29, 0.717) is 12.0 Å². The maximum absolute atomic E-state index is 11.7. The zero-order valence-corrected chi connectivity index (χ0v) is 11.1. The molecule has 0 aliphatic rings. The molecule has 0 aliphatic heterocycles. The molecule has 0 amide bonds. The molecule has 2 unspecified atom stereocenters. The van der Waals surface area contributed by atoms with Gasteiger partial charge in [0, 0.05) is 6.04 Å². The van der Waals surface area contributed by atoms with Crippen molar-refractivity contribution in [2.24, 2.45) is 0 Å². The van der Waals surface area contributed by atoms with Crippen LogP contribution in [0.25, 0.3) is 0 Å². The Bertz CT molecular complexity index is 402. The Balaban J connectivity index is 3.18. The highest BCUT2D eigenvalue weighted by atomic mass is 16.4. The summed E-state index contributed by atoms with van der Waals surface area (Å²) in [4.78, 5) is 11.7. The molecule has 1 aromatic rings. The first-order chi connectivity index (χ1) is 8.46. The summed E-state index contributed by atoms with van der Waals surface area (Å²) in [5.74, 6) is -0.756. The third-order valence-electron chi connectivity index (χ3n) is 3.36. The van der Waals surface area contributed by atoms with Crippen molar-refractivity contribution in [3.8, 4) is 5.75 Å². The van der Waals surface area contributed by atoms with Gasteiger partial charge in [-0.05, 0) is 37.5 Å². The Labute approximate surface area is 108 Å². The van der Waals surface area contributed by atoms with Crippen LogP contribution in [0.5, 0.6) is 5.75 Å². The average Bonchev–Trinajstić information content (AvgIpc) is 2.36. The number of rotatable bonds is 6. The van der Waals surface area contributed by atoms with E-state index in [4.69, 9.17) is 0 Å². The number of benzene rings is 1. The molecule has 100 valence electrons. The zero-order chi connectivity index (χ0) is 13.8. The van der Waals surface area contributed by atoms with Gasteiger partial charge in [-0.3, -0.25) is 5.32 Å². The SMILES string of the molecule is CCC(C)NC(CC)(C(=O)O)c1ccc(O)cc1. The molecule has 0 bridgehead atoms. The summed E-state index contributed by atoms with van der Waals surface area (Å²) in [7, 11) is 0. The van der Waals surface area contributed by atoms with E-state index in [1.54, 1.807) is 12.1 Å². The highest BCUT2D eigenvalue weighted by Crippen LogP contribution is 2.28. The Morgan fingerprint density at radius 1 is 1.33 bits per heavy atom. The van der Waals surface area contributed by atoms with Gasteiger partial charge in [-0.1, -0.05) is 26.0 Å². The second-order valence-electron chi connectivity index (χ2n) is 4.56. The van der Waals surface area contributed by atoms with Crippen molar-refractivity contribution in [3.63, 3.8) is 0 Å². The summed E-state index contributed by atoms with van der Waals surface area (Å²) < 4.78 is 0. The Morgan fingerprint density at radius 2 is 1.89 bits per heavy atom. The highest BCUT2D eigenvalue weighted by molar-refractivity contribution is 5.80. The average molecular weight is 251 g/mol. The third-order valence-corrected chi connectivity index (χ3v) is 3.36. The molecule has 0 aromatic heterocycles. The number of phenolic OH excluding ortho intramolecular Hbond substituents is 1. The lowest BCUT2D eigenvalue weighted by atomic mass is 9.86. The van der Waals surface area contributed by atoms with Crippen molar-refractivity contribution in [1.29, 1.82) is 0 Å². The number of phenols is 1. The number of hydrogen-bond acceptors (Lipinski definition) is 3. The fraction of sp³-hybridized carbons (Fsp3) is 0.500. The van der Waals surface area contributed by atoms with Gasteiger partial charge >= 0.3 is 5.97 Å². The van der Waals surface area contributed by atoms with Gasteiger partial charge in [-0.2, -0.15) is 0 Å². The van der Waals surface area contributed by atoms with Crippen LogP contribution in [0.3, 0.4) is 0 Å². The van der Waals surface area contributed by atoms with E-state index in [1.807, 2.05) is 20.8 Å². The van der Waals surface area contributed by atoms with Gasteiger partial charge in [-0.15, -0.1) is 0 Å². The highest BCUT2D eigenvalue weighted by Gasteiger charge is 2.39. The summed E-state index contributed by atoms with van der Waals surface area (Å²) in [6.07, 6.45) is 1.30. The Hall–Kier alpha value is -1.55. The van der Waals surface area contributed by atoms with Gasteiger partial charge in [0.05, 0.1) is 0 Å². The lowest BCUT2D eigenvalue weighted by molar-refractivity contribution is -0.146. The molecule has 1 rings (SSSR count). The van der Waals surface area contributed by atoms with Crippen LogP contribution in [0.1, 0.15) is 39.2 Å². The van der Waals surface area contributed by atoms with Crippen molar-refractivity contribution >= 4 is 5.97 Å². The predicted octanol–water partition coefficient (Wildman–Crippen LogP) is 2.47. The molecule has 0 aliphatic carbocycles. The van der Waals surface area contributed by atoms with Gasteiger partial charge < -0.3 is 10.2 Å². The van der Waals surface area contributed by atoms with Crippen LogP contribution in [0, 0.1) is 0 Å². The fourth-order valence-electron chi connectivity index (χ4n) is 1.99. The first kappa shape index (κ1) is 14.5. The second kappa shape index (κ2) is 5.87. The van der Waals surface area contributed by atoms with E-state index in [9.17, 15) is 15.0 Å². The minimum Gasteiger partial charge on any atom is -0.508 e. The number of aliphatic carboxylic acids is 1. The van der Waals surface area contributed by atoms with Crippen LogP contribution in [-0.2, 0) is 10.3 Å². The summed E-state index contributed by atoms with van der Waals surface area (Å²) in [6, 6.07) is 6.45. The third kappa shape index (κ3) is 2.82.